The molecule has 0 aliphatic carbocycles. The quantitative estimate of drug-likeness (QED) is 0.898. The number of hydrogen-bond donors (Lipinski definition) is 1. The summed E-state index contributed by atoms with van der Waals surface area (Å²) >= 11 is 1.36. The molecule has 0 unspecified atom stereocenters. The van der Waals surface area contributed by atoms with Gasteiger partial charge in [-0.25, -0.2) is 4.98 Å². The lowest BCUT2D eigenvalue weighted by Crippen LogP contribution is -2.06. The second-order valence-electron chi connectivity index (χ2n) is 4.24. The number of aliphatic carboxylic acids is 1. The number of hydrogen-bond acceptors (Lipinski definition) is 4. The largest absolute Gasteiger partial charge is 0.481 e. The fourth-order valence-electron chi connectivity index (χ4n) is 1.91. The van der Waals surface area contributed by atoms with Crippen LogP contribution in [0.25, 0.3) is 11.0 Å². The van der Waals surface area contributed by atoms with Crippen LogP contribution in [-0.2, 0) is 10.5 Å². The molecular formula is C12H15N3O2S. The fourth-order valence-corrected chi connectivity index (χ4v) is 2.57. The van der Waals surface area contributed by atoms with Gasteiger partial charge in [0, 0.05) is 12.2 Å². The first kappa shape index (κ1) is 12.9. The highest BCUT2D eigenvalue weighted by Gasteiger charge is 2.13. The molecule has 6 heteroatoms. The lowest BCUT2D eigenvalue weighted by Gasteiger charge is -2.12. The van der Waals surface area contributed by atoms with Gasteiger partial charge in [-0.15, -0.1) is 11.8 Å². The molecule has 2 heterocycles. The van der Waals surface area contributed by atoms with E-state index in [1.54, 1.807) is 12.4 Å². The summed E-state index contributed by atoms with van der Waals surface area (Å²) in [4.78, 5) is 19.1. The van der Waals surface area contributed by atoms with E-state index < -0.39 is 5.97 Å². The van der Waals surface area contributed by atoms with Crippen molar-refractivity contribution >= 4 is 28.8 Å². The number of carboxylic acid groups (broad SMARTS) is 1. The van der Waals surface area contributed by atoms with Gasteiger partial charge in [-0.1, -0.05) is 0 Å². The van der Waals surface area contributed by atoms with Crippen LogP contribution in [0.1, 0.15) is 25.7 Å². The molecule has 2 rings (SSSR count). The van der Waals surface area contributed by atoms with E-state index in [2.05, 4.69) is 28.4 Å². The third-order valence-corrected chi connectivity index (χ3v) is 3.45. The van der Waals surface area contributed by atoms with E-state index in [0.29, 0.717) is 5.75 Å². The second-order valence-corrected chi connectivity index (χ2v) is 5.23. The zero-order valence-electron chi connectivity index (χ0n) is 10.3. The van der Waals surface area contributed by atoms with E-state index in [0.717, 1.165) is 16.9 Å². The predicted octanol–water partition coefficient (Wildman–Crippen LogP) is 2.33. The molecule has 0 spiro atoms. The highest BCUT2D eigenvalue weighted by atomic mass is 32.2. The number of carbonyl (C=O) groups is 1. The third-order valence-electron chi connectivity index (χ3n) is 2.54. The summed E-state index contributed by atoms with van der Waals surface area (Å²) in [5.74, 6) is 0.798. The summed E-state index contributed by atoms with van der Waals surface area (Å²) in [6.07, 6.45) is 3.48. The van der Waals surface area contributed by atoms with Gasteiger partial charge in [-0.05, 0) is 19.9 Å². The van der Waals surface area contributed by atoms with Crippen molar-refractivity contribution in [2.75, 3.05) is 5.75 Å². The maximum Gasteiger partial charge on any atom is 0.313 e. The molecule has 2 aromatic heterocycles. The maximum atomic E-state index is 10.5. The summed E-state index contributed by atoms with van der Waals surface area (Å²) < 4.78 is 2.13. The van der Waals surface area contributed by atoms with Crippen LogP contribution >= 0.6 is 11.8 Å². The molecule has 0 radical (unpaired) electrons. The van der Waals surface area contributed by atoms with Crippen molar-refractivity contribution in [1.82, 2.24) is 14.5 Å². The molecule has 0 aromatic carbocycles. The zero-order chi connectivity index (χ0) is 13.1. The Morgan fingerprint density at radius 1 is 1.56 bits per heavy atom. The second kappa shape index (κ2) is 5.39. The lowest BCUT2D eigenvalue weighted by molar-refractivity contribution is -0.133. The average Bonchev–Trinajstić information content (AvgIpc) is 2.66. The molecule has 0 amide bonds. The molecule has 1 N–H and O–H groups in total. The van der Waals surface area contributed by atoms with E-state index in [9.17, 15) is 4.79 Å². The smallest absolute Gasteiger partial charge is 0.313 e. The van der Waals surface area contributed by atoms with Crippen LogP contribution in [0, 0.1) is 0 Å². The molecule has 5 nitrogen and oxygen atoms in total. The monoisotopic (exact) mass is 265 g/mol. The van der Waals surface area contributed by atoms with Gasteiger partial charge in [0.25, 0.3) is 0 Å². The van der Waals surface area contributed by atoms with Crippen LogP contribution in [0.4, 0.5) is 0 Å². The van der Waals surface area contributed by atoms with Gasteiger partial charge in [0.15, 0.2) is 0 Å². The highest BCUT2D eigenvalue weighted by molar-refractivity contribution is 7.99. The van der Waals surface area contributed by atoms with Crippen LogP contribution in [0.3, 0.4) is 0 Å². The number of fused-ring (bicyclic) bond motifs is 1. The van der Waals surface area contributed by atoms with E-state index in [4.69, 9.17) is 5.11 Å². The van der Waals surface area contributed by atoms with Gasteiger partial charge in [-0.3, -0.25) is 9.78 Å². The number of rotatable bonds is 5. The first-order chi connectivity index (χ1) is 8.59. The van der Waals surface area contributed by atoms with Crippen molar-refractivity contribution < 1.29 is 9.90 Å². The average molecular weight is 265 g/mol. The minimum Gasteiger partial charge on any atom is -0.481 e. The zero-order valence-corrected chi connectivity index (χ0v) is 11.1. The molecule has 0 saturated carbocycles. The van der Waals surface area contributed by atoms with Crippen molar-refractivity contribution in [1.29, 1.82) is 0 Å². The Kier molecular flexibility index (Phi) is 3.86. The Morgan fingerprint density at radius 3 is 3.00 bits per heavy atom. The standard InChI is InChI=1S/C12H15N3O2S/c1-8(2)15-10-3-4-13-5-9(10)14-11(15)6-18-7-12(16)17/h3-5,8H,6-7H2,1-2H3,(H,16,17). The Balaban J connectivity index is 2.31. The maximum absolute atomic E-state index is 10.5. The molecule has 0 fully saturated rings. The van der Waals surface area contributed by atoms with Gasteiger partial charge in [0.05, 0.1) is 23.2 Å². The molecule has 18 heavy (non-hydrogen) atoms. The molecule has 96 valence electrons. The van der Waals surface area contributed by atoms with Crippen molar-refractivity contribution in [3.63, 3.8) is 0 Å². The summed E-state index contributed by atoms with van der Waals surface area (Å²) in [7, 11) is 0. The van der Waals surface area contributed by atoms with E-state index in [-0.39, 0.29) is 11.8 Å². The van der Waals surface area contributed by atoms with Crippen LogP contribution in [0.5, 0.6) is 0 Å². The lowest BCUT2D eigenvalue weighted by atomic mass is 10.3. The molecule has 0 aliphatic heterocycles. The molecule has 0 atom stereocenters. The van der Waals surface area contributed by atoms with Crippen LogP contribution in [-0.4, -0.2) is 31.4 Å². The SMILES string of the molecule is CC(C)n1c(CSCC(=O)O)nc2cnccc21. The van der Waals surface area contributed by atoms with Gasteiger partial charge in [0.1, 0.15) is 11.3 Å². The number of nitrogens with zero attached hydrogens (tertiary/aromatic N) is 3. The third kappa shape index (κ3) is 2.64. The van der Waals surface area contributed by atoms with Gasteiger partial charge >= 0.3 is 5.97 Å². The van der Waals surface area contributed by atoms with Crippen LogP contribution < -0.4 is 0 Å². The molecule has 0 aliphatic rings. The van der Waals surface area contributed by atoms with Crippen molar-refractivity contribution in [2.45, 2.75) is 25.6 Å². The minimum atomic E-state index is -0.797. The number of imidazole rings is 1. The fraction of sp³-hybridized carbons (Fsp3) is 0.417. The normalized spacial score (nSPS) is 11.3. The predicted molar refractivity (Wildman–Crippen MR) is 71.7 cm³/mol. The first-order valence-electron chi connectivity index (χ1n) is 5.70. The molecular weight excluding hydrogens is 250 g/mol. The number of aromatic nitrogens is 3. The Bertz CT molecular complexity index is 565. The van der Waals surface area contributed by atoms with E-state index in [1.165, 1.54) is 11.8 Å². The first-order valence-corrected chi connectivity index (χ1v) is 6.85. The summed E-state index contributed by atoms with van der Waals surface area (Å²) in [5.41, 5.74) is 1.91. The van der Waals surface area contributed by atoms with E-state index >= 15 is 0 Å². The highest BCUT2D eigenvalue weighted by Crippen LogP contribution is 2.23. The molecule has 0 saturated heterocycles. The Hall–Kier alpha value is -1.56. The van der Waals surface area contributed by atoms with Crippen molar-refractivity contribution in [3.8, 4) is 0 Å². The molecule has 2 aromatic rings. The Labute approximate surface area is 109 Å². The molecule has 0 bridgehead atoms. The summed E-state index contributed by atoms with van der Waals surface area (Å²) in [6, 6.07) is 2.23. The van der Waals surface area contributed by atoms with Gasteiger partial charge in [-0.2, -0.15) is 0 Å². The van der Waals surface area contributed by atoms with Crippen LogP contribution in [0.15, 0.2) is 18.5 Å². The van der Waals surface area contributed by atoms with Crippen molar-refractivity contribution in [3.05, 3.63) is 24.3 Å². The summed E-state index contributed by atoms with van der Waals surface area (Å²) in [5, 5.41) is 8.65. The van der Waals surface area contributed by atoms with E-state index in [1.807, 2.05) is 6.07 Å². The van der Waals surface area contributed by atoms with Gasteiger partial charge < -0.3 is 9.67 Å². The topological polar surface area (TPSA) is 68.0 Å². The minimum absolute atomic E-state index is 0.0968. The number of carboxylic acids is 1. The Morgan fingerprint density at radius 2 is 2.33 bits per heavy atom. The number of pyridine rings is 1. The number of thioether (sulfide) groups is 1. The summed E-state index contributed by atoms with van der Waals surface area (Å²) in [6.45, 7) is 4.18. The van der Waals surface area contributed by atoms with Crippen LogP contribution in [0.2, 0.25) is 0 Å². The van der Waals surface area contributed by atoms with Crippen molar-refractivity contribution in [2.24, 2.45) is 0 Å². The van der Waals surface area contributed by atoms with Gasteiger partial charge in [0.2, 0.25) is 0 Å².